The van der Waals surface area contributed by atoms with Crippen molar-refractivity contribution in [3.8, 4) is 5.75 Å². The number of para-hydroxylation sites is 1. The number of hydrogen-bond acceptors (Lipinski definition) is 3. The summed E-state index contributed by atoms with van der Waals surface area (Å²) in [5.41, 5.74) is 0.957. The fraction of sp³-hybridized carbons (Fsp3) is 0.562. The number of nitrogens with one attached hydrogen (secondary N) is 1. The smallest absolute Gasteiger partial charge is 0.227 e. The van der Waals surface area contributed by atoms with E-state index in [1.165, 1.54) is 0 Å². The zero-order chi connectivity index (χ0) is 14.4. The van der Waals surface area contributed by atoms with E-state index in [4.69, 9.17) is 4.74 Å². The summed E-state index contributed by atoms with van der Waals surface area (Å²) in [4.78, 5) is 14.4. The second-order valence-electron chi connectivity index (χ2n) is 5.33. The summed E-state index contributed by atoms with van der Waals surface area (Å²) in [5.74, 6) is 0.957. The van der Waals surface area contributed by atoms with Crippen LogP contribution in [0.25, 0.3) is 0 Å². The van der Waals surface area contributed by atoms with E-state index in [-0.39, 0.29) is 18.3 Å². The van der Waals surface area contributed by atoms with E-state index >= 15 is 0 Å². The Hall–Kier alpha value is -1.26. The summed E-state index contributed by atoms with van der Waals surface area (Å²) < 4.78 is 5.31. The van der Waals surface area contributed by atoms with Gasteiger partial charge in [-0.3, -0.25) is 4.79 Å². The Kier molecular flexibility index (Phi) is 7.54. The van der Waals surface area contributed by atoms with Crippen LogP contribution in [0.4, 0.5) is 0 Å². The lowest BCUT2D eigenvalue weighted by atomic mass is 10.1. The molecule has 1 N–H and O–H groups in total. The standard InChI is InChI=1S/C16H24N2O2.ClH/c1-18(14-7-5-10-17-11-9-14)16(19)12-13-6-3-4-8-15(13)20-2;/h3-4,6,8,14,17H,5,7,9-12H2,1-2H3;1H. The van der Waals surface area contributed by atoms with Crippen LogP contribution in [-0.4, -0.2) is 44.1 Å². The maximum Gasteiger partial charge on any atom is 0.227 e. The van der Waals surface area contributed by atoms with Gasteiger partial charge in [-0.25, -0.2) is 0 Å². The molecule has 1 aromatic carbocycles. The lowest BCUT2D eigenvalue weighted by molar-refractivity contribution is -0.131. The van der Waals surface area contributed by atoms with Crippen LogP contribution in [0.1, 0.15) is 24.8 Å². The molecule has 2 rings (SSSR count). The van der Waals surface area contributed by atoms with Gasteiger partial charge < -0.3 is 15.0 Å². The van der Waals surface area contributed by atoms with E-state index in [0.29, 0.717) is 12.5 Å². The fourth-order valence-electron chi connectivity index (χ4n) is 2.73. The predicted octanol–water partition coefficient (Wildman–Crippen LogP) is 2.26. The van der Waals surface area contributed by atoms with Gasteiger partial charge in [-0.1, -0.05) is 18.2 Å². The van der Waals surface area contributed by atoms with E-state index in [1.807, 2.05) is 36.2 Å². The Morgan fingerprint density at radius 1 is 1.33 bits per heavy atom. The Morgan fingerprint density at radius 3 is 2.86 bits per heavy atom. The fourth-order valence-corrected chi connectivity index (χ4v) is 2.73. The zero-order valence-electron chi connectivity index (χ0n) is 12.8. The lowest BCUT2D eigenvalue weighted by Gasteiger charge is -2.27. The molecule has 0 bridgehead atoms. The largest absolute Gasteiger partial charge is 0.496 e. The number of halogens is 1. The van der Waals surface area contributed by atoms with Gasteiger partial charge in [-0.2, -0.15) is 0 Å². The number of carbonyl (C=O) groups is 1. The third kappa shape index (κ3) is 4.90. The van der Waals surface area contributed by atoms with E-state index in [0.717, 1.165) is 43.7 Å². The van der Waals surface area contributed by atoms with Crippen molar-refractivity contribution >= 4 is 18.3 Å². The quantitative estimate of drug-likeness (QED) is 0.927. The van der Waals surface area contributed by atoms with Crippen LogP contribution in [0.3, 0.4) is 0 Å². The minimum atomic E-state index is 0. The van der Waals surface area contributed by atoms with Crippen LogP contribution in [0.5, 0.6) is 5.75 Å². The minimum Gasteiger partial charge on any atom is -0.496 e. The molecule has 1 saturated heterocycles. The Morgan fingerprint density at radius 2 is 2.10 bits per heavy atom. The van der Waals surface area contributed by atoms with Crippen LogP contribution in [-0.2, 0) is 11.2 Å². The third-order valence-electron chi connectivity index (χ3n) is 4.02. The second-order valence-corrected chi connectivity index (χ2v) is 5.33. The molecule has 1 unspecified atom stereocenters. The van der Waals surface area contributed by atoms with E-state index in [1.54, 1.807) is 7.11 Å². The Labute approximate surface area is 133 Å². The maximum absolute atomic E-state index is 12.4. The van der Waals surface area contributed by atoms with Gasteiger partial charge in [0.15, 0.2) is 0 Å². The molecular weight excluding hydrogens is 288 g/mol. The molecular formula is C16H25ClN2O2. The normalized spacial score (nSPS) is 18.3. The SMILES string of the molecule is COc1ccccc1CC(=O)N(C)C1CCCNCC1.Cl. The number of hydrogen-bond donors (Lipinski definition) is 1. The molecule has 0 radical (unpaired) electrons. The number of ether oxygens (including phenoxy) is 1. The Balaban J connectivity index is 0.00000220. The van der Waals surface area contributed by atoms with Gasteiger partial charge in [0.1, 0.15) is 5.75 Å². The van der Waals surface area contributed by atoms with Crippen LogP contribution in [0.2, 0.25) is 0 Å². The molecule has 1 aliphatic heterocycles. The molecule has 1 amide bonds. The summed E-state index contributed by atoms with van der Waals surface area (Å²) in [6, 6.07) is 8.08. The molecule has 21 heavy (non-hydrogen) atoms. The maximum atomic E-state index is 12.4. The van der Waals surface area contributed by atoms with Gasteiger partial charge in [0, 0.05) is 18.7 Å². The summed E-state index contributed by atoms with van der Waals surface area (Å²) in [5, 5.41) is 3.38. The summed E-state index contributed by atoms with van der Waals surface area (Å²) in [6.45, 7) is 2.06. The zero-order valence-corrected chi connectivity index (χ0v) is 13.6. The predicted molar refractivity (Wildman–Crippen MR) is 87.2 cm³/mol. The highest BCUT2D eigenvalue weighted by atomic mass is 35.5. The molecule has 1 atom stereocenters. The molecule has 0 aromatic heterocycles. The monoisotopic (exact) mass is 312 g/mol. The molecule has 4 nitrogen and oxygen atoms in total. The van der Waals surface area contributed by atoms with Gasteiger partial charge in [-0.05, 0) is 38.4 Å². The molecule has 1 aliphatic rings. The molecule has 118 valence electrons. The number of amides is 1. The highest BCUT2D eigenvalue weighted by Crippen LogP contribution is 2.20. The van der Waals surface area contributed by atoms with Crippen LogP contribution >= 0.6 is 12.4 Å². The van der Waals surface area contributed by atoms with Crippen LogP contribution < -0.4 is 10.1 Å². The van der Waals surface area contributed by atoms with Crippen LogP contribution in [0, 0.1) is 0 Å². The van der Waals surface area contributed by atoms with Crippen molar-refractivity contribution in [2.45, 2.75) is 31.7 Å². The molecule has 1 fully saturated rings. The van der Waals surface area contributed by atoms with Crippen molar-refractivity contribution in [2.24, 2.45) is 0 Å². The molecule has 1 aromatic rings. The van der Waals surface area contributed by atoms with Crippen molar-refractivity contribution in [1.82, 2.24) is 10.2 Å². The minimum absolute atomic E-state index is 0. The molecule has 0 saturated carbocycles. The lowest BCUT2D eigenvalue weighted by Crippen LogP contribution is -2.38. The van der Waals surface area contributed by atoms with Gasteiger partial charge in [0.25, 0.3) is 0 Å². The van der Waals surface area contributed by atoms with Gasteiger partial charge in [0.2, 0.25) is 5.91 Å². The number of carbonyl (C=O) groups excluding carboxylic acids is 1. The van der Waals surface area contributed by atoms with Gasteiger partial charge in [-0.15, -0.1) is 12.4 Å². The first-order valence-corrected chi connectivity index (χ1v) is 7.30. The van der Waals surface area contributed by atoms with Crippen LogP contribution in [0.15, 0.2) is 24.3 Å². The molecule has 1 heterocycles. The van der Waals surface area contributed by atoms with E-state index in [2.05, 4.69) is 5.32 Å². The topological polar surface area (TPSA) is 41.6 Å². The summed E-state index contributed by atoms with van der Waals surface area (Å²) >= 11 is 0. The third-order valence-corrected chi connectivity index (χ3v) is 4.02. The number of rotatable bonds is 4. The van der Waals surface area contributed by atoms with Crippen molar-refractivity contribution in [3.05, 3.63) is 29.8 Å². The molecule has 0 spiro atoms. The molecule has 0 aliphatic carbocycles. The Bertz CT molecular complexity index is 446. The van der Waals surface area contributed by atoms with Gasteiger partial charge in [0.05, 0.1) is 13.5 Å². The van der Waals surface area contributed by atoms with Crippen molar-refractivity contribution < 1.29 is 9.53 Å². The van der Waals surface area contributed by atoms with Gasteiger partial charge >= 0.3 is 0 Å². The number of methoxy groups -OCH3 is 1. The highest BCUT2D eigenvalue weighted by Gasteiger charge is 2.21. The van der Waals surface area contributed by atoms with Crippen molar-refractivity contribution in [3.63, 3.8) is 0 Å². The molecule has 5 heteroatoms. The number of benzene rings is 1. The summed E-state index contributed by atoms with van der Waals surface area (Å²) in [6.07, 6.45) is 3.66. The first kappa shape index (κ1) is 17.8. The van der Waals surface area contributed by atoms with Crippen molar-refractivity contribution in [1.29, 1.82) is 0 Å². The number of likely N-dealkylation sites (N-methyl/N-ethyl adjacent to an activating group) is 1. The van der Waals surface area contributed by atoms with E-state index < -0.39 is 0 Å². The average molecular weight is 313 g/mol. The van der Waals surface area contributed by atoms with E-state index in [9.17, 15) is 4.79 Å². The first-order chi connectivity index (χ1) is 9.72. The van der Waals surface area contributed by atoms with Crippen molar-refractivity contribution in [2.75, 3.05) is 27.2 Å². The second kappa shape index (κ2) is 8.90. The first-order valence-electron chi connectivity index (χ1n) is 7.30. The summed E-state index contributed by atoms with van der Waals surface area (Å²) in [7, 11) is 3.57. The number of nitrogens with zero attached hydrogens (tertiary/aromatic N) is 1. The average Bonchev–Trinajstić information content (AvgIpc) is 2.76. The highest BCUT2D eigenvalue weighted by molar-refractivity contribution is 5.85.